The molecular formula is C15H18ClN3O4. The van der Waals surface area contributed by atoms with Gasteiger partial charge in [0.15, 0.2) is 0 Å². The van der Waals surface area contributed by atoms with Crippen LogP contribution in [0.3, 0.4) is 0 Å². The van der Waals surface area contributed by atoms with Gasteiger partial charge in [-0.3, -0.25) is 10.1 Å². The molecule has 0 spiro atoms. The van der Waals surface area contributed by atoms with Crippen molar-refractivity contribution >= 4 is 23.0 Å². The first-order valence-electron chi connectivity index (χ1n) is 7.41. The van der Waals surface area contributed by atoms with E-state index in [1.807, 2.05) is 11.0 Å². The number of rotatable bonds is 6. The molecule has 1 aromatic carbocycles. The summed E-state index contributed by atoms with van der Waals surface area (Å²) in [6.07, 6.45) is 2.78. The van der Waals surface area contributed by atoms with E-state index in [1.165, 1.54) is 12.1 Å². The van der Waals surface area contributed by atoms with Crippen molar-refractivity contribution in [2.45, 2.75) is 25.3 Å². The Labute approximate surface area is 139 Å². The van der Waals surface area contributed by atoms with Crippen molar-refractivity contribution in [3.05, 3.63) is 32.8 Å². The van der Waals surface area contributed by atoms with Crippen LogP contribution in [0.1, 0.15) is 24.8 Å². The van der Waals surface area contributed by atoms with Gasteiger partial charge in [0, 0.05) is 12.6 Å². The normalized spacial score (nSPS) is 17.8. The van der Waals surface area contributed by atoms with Gasteiger partial charge >= 0.3 is 0 Å². The van der Waals surface area contributed by atoms with E-state index in [2.05, 4.69) is 0 Å². The predicted octanol–water partition coefficient (Wildman–Crippen LogP) is 2.49. The van der Waals surface area contributed by atoms with Crippen molar-refractivity contribution in [2.24, 2.45) is 0 Å². The van der Waals surface area contributed by atoms with Crippen molar-refractivity contribution in [3.63, 3.8) is 0 Å². The van der Waals surface area contributed by atoms with Crippen LogP contribution in [0.25, 0.3) is 0 Å². The average molecular weight is 340 g/mol. The molecule has 1 saturated heterocycles. The highest BCUT2D eigenvalue weighted by Crippen LogP contribution is 2.37. The summed E-state index contributed by atoms with van der Waals surface area (Å²) in [5.41, 5.74) is 0.378. The van der Waals surface area contributed by atoms with E-state index >= 15 is 0 Å². The molecule has 1 atom stereocenters. The Morgan fingerprint density at radius 3 is 2.96 bits per heavy atom. The van der Waals surface area contributed by atoms with Gasteiger partial charge in [-0.05, 0) is 25.3 Å². The van der Waals surface area contributed by atoms with Crippen LogP contribution in [0.15, 0.2) is 12.1 Å². The molecule has 0 radical (unpaired) electrons. The molecule has 1 fully saturated rings. The molecule has 124 valence electrons. The number of nitrogens with zero attached hydrogens (tertiary/aromatic N) is 3. The van der Waals surface area contributed by atoms with Crippen LogP contribution < -0.4 is 4.90 Å². The first kappa shape index (κ1) is 17.5. The SMILES string of the molecule is N#Cc1cc([N+](=O)[O-])c(N2CCCC[C@H]2COCCO)cc1Cl. The van der Waals surface area contributed by atoms with Crippen molar-refractivity contribution in [1.29, 1.82) is 5.26 Å². The number of aliphatic hydroxyl groups is 1. The molecule has 2 rings (SSSR count). The molecule has 1 aliphatic rings. The average Bonchev–Trinajstić information content (AvgIpc) is 2.55. The van der Waals surface area contributed by atoms with Crippen LogP contribution in [-0.4, -0.2) is 42.4 Å². The third kappa shape index (κ3) is 4.10. The third-order valence-corrected chi connectivity index (χ3v) is 4.18. The Kier molecular flexibility index (Phi) is 6.16. The van der Waals surface area contributed by atoms with Gasteiger partial charge in [-0.15, -0.1) is 0 Å². The molecule has 0 bridgehead atoms. The molecule has 8 heteroatoms. The number of nitro benzene ring substituents is 1. The fraction of sp³-hybridized carbons (Fsp3) is 0.533. The summed E-state index contributed by atoms with van der Waals surface area (Å²) in [4.78, 5) is 12.8. The molecular weight excluding hydrogens is 322 g/mol. The lowest BCUT2D eigenvalue weighted by Gasteiger charge is -2.37. The quantitative estimate of drug-likeness (QED) is 0.485. The smallest absolute Gasteiger partial charge is 0.293 e. The van der Waals surface area contributed by atoms with Crippen LogP contribution in [-0.2, 0) is 4.74 Å². The topological polar surface area (TPSA) is 99.6 Å². The number of piperidine rings is 1. The molecule has 0 aliphatic carbocycles. The summed E-state index contributed by atoms with van der Waals surface area (Å²) in [7, 11) is 0. The highest BCUT2D eigenvalue weighted by molar-refractivity contribution is 6.32. The number of hydrogen-bond acceptors (Lipinski definition) is 6. The van der Waals surface area contributed by atoms with Gasteiger partial charge in [0.25, 0.3) is 5.69 Å². The van der Waals surface area contributed by atoms with Crippen molar-refractivity contribution in [1.82, 2.24) is 0 Å². The molecule has 1 N–H and O–H groups in total. The van der Waals surface area contributed by atoms with Gasteiger partial charge in [0.05, 0.1) is 41.4 Å². The molecule has 7 nitrogen and oxygen atoms in total. The van der Waals surface area contributed by atoms with Crippen LogP contribution in [0.5, 0.6) is 0 Å². The van der Waals surface area contributed by atoms with Crippen molar-refractivity contribution in [3.8, 4) is 6.07 Å². The summed E-state index contributed by atoms with van der Waals surface area (Å²) in [5.74, 6) is 0. The van der Waals surface area contributed by atoms with E-state index in [0.717, 1.165) is 19.3 Å². The lowest BCUT2D eigenvalue weighted by atomic mass is 10.0. The van der Waals surface area contributed by atoms with E-state index < -0.39 is 4.92 Å². The molecule has 0 saturated carbocycles. The molecule has 0 amide bonds. The van der Waals surface area contributed by atoms with Gasteiger partial charge in [0.2, 0.25) is 0 Å². The summed E-state index contributed by atoms with van der Waals surface area (Å²) >= 11 is 6.06. The minimum Gasteiger partial charge on any atom is -0.394 e. The van der Waals surface area contributed by atoms with Gasteiger partial charge in [-0.2, -0.15) is 5.26 Å². The largest absolute Gasteiger partial charge is 0.394 e. The summed E-state index contributed by atoms with van der Waals surface area (Å²) in [6.45, 7) is 1.22. The van der Waals surface area contributed by atoms with E-state index in [0.29, 0.717) is 18.8 Å². The minimum atomic E-state index is -0.493. The van der Waals surface area contributed by atoms with E-state index in [4.69, 9.17) is 26.7 Å². The van der Waals surface area contributed by atoms with Gasteiger partial charge in [-0.25, -0.2) is 0 Å². The molecule has 1 aliphatic heterocycles. The van der Waals surface area contributed by atoms with Crippen LogP contribution in [0.4, 0.5) is 11.4 Å². The summed E-state index contributed by atoms with van der Waals surface area (Å²) in [6, 6.07) is 4.56. The number of aliphatic hydroxyl groups excluding tert-OH is 1. The molecule has 1 aromatic rings. The molecule has 1 heterocycles. The lowest BCUT2D eigenvalue weighted by Crippen LogP contribution is -2.43. The van der Waals surface area contributed by atoms with E-state index in [1.54, 1.807) is 0 Å². The van der Waals surface area contributed by atoms with Crippen molar-refractivity contribution in [2.75, 3.05) is 31.3 Å². The summed E-state index contributed by atoms with van der Waals surface area (Å²) < 4.78 is 5.40. The van der Waals surface area contributed by atoms with Crippen LogP contribution >= 0.6 is 11.6 Å². The molecule has 23 heavy (non-hydrogen) atoms. The number of ether oxygens (including phenoxy) is 1. The van der Waals surface area contributed by atoms with E-state index in [9.17, 15) is 10.1 Å². The highest BCUT2D eigenvalue weighted by Gasteiger charge is 2.29. The first-order chi connectivity index (χ1) is 11.1. The second-order valence-electron chi connectivity index (χ2n) is 5.33. The lowest BCUT2D eigenvalue weighted by molar-refractivity contribution is -0.384. The second kappa shape index (κ2) is 8.11. The number of benzene rings is 1. The Bertz CT molecular complexity index is 617. The fourth-order valence-corrected chi connectivity index (χ4v) is 2.99. The monoisotopic (exact) mass is 339 g/mol. The molecule has 0 aromatic heterocycles. The maximum Gasteiger partial charge on any atom is 0.293 e. The Morgan fingerprint density at radius 1 is 1.52 bits per heavy atom. The zero-order valence-electron chi connectivity index (χ0n) is 12.6. The van der Waals surface area contributed by atoms with Crippen LogP contribution in [0.2, 0.25) is 5.02 Å². The Balaban J connectivity index is 2.35. The van der Waals surface area contributed by atoms with Gasteiger partial charge in [0.1, 0.15) is 11.8 Å². The second-order valence-corrected chi connectivity index (χ2v) is 5.74. The van der Waals surface area contributed by atoms with Crippen molar-refractivity contribution < 1.29 is 14.8 Å². The predicted molar refractivity (Wildman–Crippen MR) is 85.7 cm³/mol. The zero-order chi connectivity index (χ0) is 16.8. The number of hydrogen-bond donors (Lipinski definition) is 1. The summed E-state index contributed by atoms with van der Waals surface area (Å²) in [5, 5.41) is 29.4. The third-order valence-electron chi connectivity index (χ3n) is 3.86. The molecule has 0 unspecified atom stereocenters. The number of nitriles is 1. The Hall–Kier alpha value is -1.88. The van der Waals surface area contributed by atoms with Gasteiger partial charge in [-0.1, -0.05) is 11.6 Å². The van der Waals surface area contributed by atoms with Crippen LogP contribution in [0, 0.1) is 21.4 Å². The highest BCUT2D eigenvalue weighted by atomic mass is 35.5. The standard InChI is InChI=1S/C15H18ClN3O4/c16-13-8-14(15(19(21)22)7-11(13)9-17)18-4-2-1-3-12(18)10-23-6-5-20/h7-8,12,20H,1-6,10H2/t12-/m0/s1. The first-order valence-corrected chi connectivity index (χ1v) is 7.79. The number of halogens is 1. The zero-order valence-corrected chi connectivity index (χ0v) is 13.3. The van der Waals surface area contributed by atoms with E-state index in [-0.39, 0.29) is 35.5 Å². The Morgan fingerprint density at radius 2 is 2.30 bits per heavy atom. The minimum absolute atomic E-state index is 0.0157. The van der Waals surface area contributed by atoms with Gasteiger partial charge < -0.3 is 14.7 Å². The maximum absolute atomic E-state index is 11.4. The maximum atomic E-state index is 11.4. The number of nitro groups is 1. The fourth-order valence-electron chi connectivity index (χ4n) is 2.79. The number of anilines is 1.